The fourth-order valence-corrected chi connectivity index (χ4v) is 2.46. The second-order valence-corrected chi connectivity index (χ2v) is 6.61. The number of hydrogen-bond donors (Lipinski definition) is 3. The summed E-state index contributed by atoms with van der Waals surface area (Å²) in [5, 5.41) is 5.92. The Morgan fingerprint density at radius 1 is 1.04 bits per heavy atom. The van der Waals surface area contributed by atoms with Crippen molar-refractivity contribution in [2.24, 2.45) is 0 Å². The third kappa shape index (κ3) is 5.55. The highest BCUT2D eigenvalue weighted by Crippen LogP contribution is 2.13. The Hall–Kier alpha value is -2.09. The monoisotopic (exact) mass is 354 g/mol. The van der Waals surface area contributed by atoms with Crippen LogP contribution in [0.2, 0.25) is 5.02 Å². The molecule has 0 unspecified atom stereocenters. The molecule has 0 saturated carbocycles. The van der Waals surface area contributed by atoms with E-state index in [-0.39, 0.29) is 4.90 Å². The van der Waals surface area contributed by atoms with Crippen molar-refractivity contribution in [3.05, 3.63) is 59.1 Å². The Morgan fingerprint density at radius 2 is 1.65 bits per heavy atom. The number of halogens is 1. The third-order valence-electron chi connectivity index (χ3n) is 3.02. The summed E-state index contributed by atoms with van der Waals surface area (Å²) in [5.41, 5.74) is 1.47. The normalized spacial score (nSPS) is 11.0. The molecular formula is C15H15ClN2O4S. The van der Waals surface area contributed by atoms with Gasteiger partial charge in [-0.3, -0.25) is 4.55 Å². The SMILES string of the molecule is O=C(NCCc1ccc(Cl)cc1)Nc1ccc(S(=O)(=O)O)cc1. The van der Waals surface area contributed by atoms with Crippen LogP contribution >= 0.6 is 11.6 Å². The molecule has 0 aromatic heterocycles. The van der Waals surface area contributed by atoms with Gasteiger partial charge in [-0.15, -0.1) is 0 Å². The maximum absolute atomic E-state index is 11.7. The molecular weight excluding hydrogens is 340 g/mol. The summed E-state index contributed by atoms with van der Waals surface area (Å²) in [6, 6.07) is 12.1. The largest absolute Gasteiger partial charge is 0.338 e. The molecule has 2 aromatic carbocycles. The average Bonchev–Trinajstić information content (AvgIpc) is 2.49. The zero-order valence-electron chi connectivity index (χ0n) is 12.0. The van der Waals surface area contributed by atoms with Crippen molar-refractivity contribution in [2.75, 3.05) is 11.9 Å². The number of carbonyl (C=O) groups is 1. The highest BCUT2D eigenvalue weighted by Gasteiger charge is 2.09. The van der Waals surface area contributed by atoms with Gasteiger partial charge in [-0.05, 0) is 48.4 Å². The second-order valence-electron chi connectivity index (χ2n) is 4.76. The summed E-state index contributed by atoms with van der Waals surface area (Å²) in [6.45, 7) is 0.441. The van der Waals surface area contributed by atoms with E-state index in [1.165, 1.54) is 24.3 Å². The van der Waals surface area contributed by atoms with Crippen LogP contribution < -0.4 is 10.6 Å². The van der Waals surface area contributed by atoms with Crippen molar-refractivity contribution in [2.45, 2.75) is 11.3 Å². The van der Waals surface area contributed by atoms with E-state index in [0.717, 1.165) is 5.56 Å². The minimum absolute atomic E-state index is 0.230. The van der Waals surface area contributed by atoms with E-state index < -0.39 is 16.1 Å². The van der Waals surface area contributed by atoms with Crippen LogP contribution in [0.1, 0.15) is 5.56 Å². The van der Waals surface area contributed by atoms with Gasteiger partial charge < -0.3 is 10.6 Å². The van der Waals surface area contributed by atoms with Crippen molar-refractivity contribution in [3.63, 3.8) is 0 Å². The molecule has 0 saturated heterocycles. The molecule has 0 heterocycles. The Kier molecular flexibility index (Phi) is 5.59. The van der Waals surface area contributed by atoms with Gasteiger partial charge in [0.05, 0.1) is 4.90 Å². The fourth-order valence-electron chi connectivity index (χ4n) is 1.86. The van der Waals surface area contributed by atoms with Crippen molar-refractivity contribution in [1.82, 2.24) is 5.32 Å². The number of urea groups is 1. The molecule has 0 aliphatic carbocycles. The topological polar surface area (TPSA) is 95.5 Å². The molecule has 0 spiro atoms. The number of hydrogen-bond acceptors (Lipinski definition) is 3. The van der Waals surface area contributed by atoms with E-state index in [1.807, 2.05) is 12.1 Å². The summed E-state index contributed by atoms with van der Waals surface area (Å²) in [4.78, 5) is 11.5. The van der Waals surface area contributed by atoms with Crippen LogP contribution in [0, 0.1) is 0 Å². The van der Waals surface area contributed by atoms with Gasteiger partial charge in [0, 0.05) is 17.3 Å². The summed E-state index contributed by atoms with van der Waals surface area (Å²) in [5.74, 6) is 0. The van der Waals surface area contributed by atoms with Gasteiger partial charge in [0.25, 0.3) is 10.1 Å². The number of amides is 2. The first kappa shape index (κ1) is 17.3. The summed E-state index contributed by atoms with van der Waals surface area (Å²) < 4.78 is 30.7. The minimum atomic E-state index is -4.23. The Morgan fingerprint density at radius 3 is 2.22 bits per heavy atom. The van der Waals surface area contributed by atoms with Crippen molar-refractivity contribution < 1.29 is 17.8 Å². The predicted octanol–water partition coefficient (Wildman–Crippen LogP) is 2.95. The third-order valence-corrected chi connectivity index (χ3v) is 4.14. The van der Waals surface area contributed by atoms with E-state index >= 15 is 0 Å². The molecule has 2 rings (SSSR count). The summed E-state index contributed by atoms with van der Waals surface area (Å²) in [7, 11) is -4.23. The lowest BCUT2D eigenvalue weighted by Crippen LogP contribution is -2.30. The van der Waals surface area contributed by atoms with Crippen LogP contribution in [-0.2, 0) is 16.5 Å². The number of carbonyl (C=O) groups excluding carboxylic acids is 1. The van der Waals surface area contributed by atoms with E-state index in [9.17, 15) is 13.2 Å². The van der Waals surface area contributed by atoms with Crippen LogP contribution in [0.25, 0.3) is 0 Å². The lowest BCUT2D eigenvalue weighted by atomic mass is 10.1. The quantitative estimate of drug-likeness (QED) is 0.719. The molecule has 0 bridgehead atoms. The van der Waals surface area contributed by atoms with Crippen LogP contribution in [0.4, 0.5) is 10.5 Å². The van der Waals surface area contributed by atoms with Gasteiger partial charge in [0.15, 0.2) is 0 Å². The molecule has 0 fully saturated rings. The molecule has 2 amide bonds. The first-order chi connectivity index (χ1) is 10.8. The zero-order chi connectivity index (χ0) is 16.9. The van der Waals surface area contributed by atoms with E-state index in [1.54, 1.807) is 12.1 Å². The zero-order valence-corrected chi connectivity index (χ0v) is 13.6. The van der Waals surface area contributed by atoms with Gasteiger partial charge in [-0.25, -0.2) is 4.79 Å². The maximum atomic E-state index is 11.7. The number of anilines is 1. The summed E-state index contributed by atoms with van der Waals surface area (Å²) in [6.07, 6.45) is 0.659. The Balaban J connectivity index is 1.81. The van der Waals surface area contributed by atoms with Crippen molar-refractivity contribution in [1.29, 1.82) is 0 Å². The molecule has 3 N–H and O–H groups in total. The first-order valence-electron chi connectivity index (χ1n) is 6.71. The average molecular weight is 355 g/mol. The van der Waals surface area contributed by atoms with Gasteiger partial charge >= 0.3 is 6.03 Å². The standard InChI is InChI=1S/C15H15ClN2O4S/c16-12-3-1-11(2-4-12)9-10-17-15(19)18-13-5-7-14(8-6-13)23(20,21)22/h1-8H,9-10H2,(H2,17,18,19)(H,20,21,22). The van der Waals surface area contributed by atoms with Crippen LogP contribution in [-0.4, -0.2) is 25.5 Å². The Labute approximate surface area is 139 Å². The van der Waals surface area contributed by atoms with Crippen LogP contribution in [0.15, 0.2) is 53.4 Å². The number of nitrogens with one attached hydrogen (secondary N) is 2. The molecule has 8 heteroatoms. The van der Waals surface area contributed by atoms with E-state index in [2.05, 4.69) is 10.6 Å². The van der Waals surface area contributed by atoms with E-state index in [0.29, 0.717) is 23.7 Å². The molecule has 0 atom stereocenters. The highest BCUT2D eigenvalue weighted by molar-refractivity contribution is 7.85. The van der Waals surface area contributed by atoms with Gasteiger partial charge in [-0.2, -0.15) is 8.42 Å². The lowest BCUT2D eigenvalue weighted by molar-refractivity contribution is 0.252. The summed E-state index contributed by atoms with van der Waals surface area (Å²) >= 11 is 5.79. The number of benzene rings is 2. The van der Waals surface area contributed by atoms with Gasteiger partial charge in [0.2, 0.25) is 0 Å². The highest BCUT2D eigenvalue weighted by atomic mass is 35.5. The molecule has 0 aliphatic heterocycles. The molecule has 0 aliphatic rings. The molecule has 122 valence electrons. The van der Waals surface area contributed by atoms with E-state index in [4.69, 9.17) is 16.2 Å². The number of rotatable bonds is 5. The fraction of sp³-hybridized carbons (Fsp3) is 0.133. The first-order valence-corrected chi connectivity index (χ1v) is 8.53. The lowest BCUT2D eigenvalue weighted by Gasteiger charge is -2.08. The minimum Gasteiger partial charge on any atom is -0.338 e. The molecule has 23 heavy (non-hydrogen) atoms. The van der Waals surface area contributed by atoms with Crippen molar-refractivity contribution >= 4 is 33.4 Å². The maximum Gasteiger partial charge on any atom is 0.319 e. The predicted molar refractivity (Wildman–Crippen MR) is 88.4 cm³/mol. The van der Waals surface area contributed by atoms with Gasteiger partial charge in [0.1, 0.15) is 0 Å². The van der Waals surface area contributed by atoms with Crippen molar-refractivity contribution in [3.8, 4) is 0 Å². The van der Waals surface area contributed by atoms with Gasteiger partial charge in [-0.1, -0.05) is 23.7 Å². The molecule has 0 radical (unpaired) electrons. The molecule has 6 nitrogen and oxygen atoms in total. The molecule has 2 aromatic rings. The second kappa shape index (κ2) is 7.45. The van der Waals surface area contributed by atoms with Crippen LogP contribution in [0.3, 0.4) is 0 Å². The van der Waals surface area contributed by atoms with Crippen LogP contribution in [0.5, 0.6) is 0 Å². The smallest absolute Gasteiger partial charge is 0.319 e. The Bertz CT molecular complexity index is 774.